The number of oxazole rings is 1. The summed E-state index contributed by atoms with van der Waals surface area (Å²) >= 11 is 6.20. The van der Waals surface area contributed by atoms with Gasteiger partial charge in [0.2, 0.25) is 15.9 Å². The van der Waals surface area contributed by atoms with Crippen molar-refractivity contribution in [2.75, 3.05) is 13.1 Å². The highest BCUT2D eigenvalue weighted by molar-refractivity contribution is 7.89. The van der Waals surface area contributed by atoms with Crippen molar-refractivity contribution in [1.29, 1.82) is 0 Å². The maximum absolute atomic E-state index is 12.9. The van der Waals surface area contributed by atoms with Crippen LogP contribution in [0.2, 0.25) is 5.02 Å². The smallest absolute Gasteiger partial charge is 0.248 e. The Hall–Kier alpha value is -1.11. The minimum atomic E-state index is -3.66. The van der Waals surface area contributed by atoms with Crippen LogP contribution >= 0.6 is 11.6 Å². The first-order valence-electron chi connectivity index (χ1n) is 7.31. The topological polar surface area (TPSA) is 63.4 Å². The molecular weight excluding hydrogens is 324 g/mol. The number of sulfonamides is 1. The van der Waals surface area contributed by atoms with Crippen LogP contribution in [0, 0.1) is 0 Å². The van der Waals surface area contributed by atoms with E-state index in [1.54, 1.807) is 12.1 Å². The van der Waals surface area contributed by atoms with Gasteiger partial charge in [0.1, 0.15) is 10.4 Å². The van der Waals surface area contributed by atoms with Gasteiger partial charge in [-0.2, -0.15) is 4.31 Å². The Morgan fingerprint density at radius 2 is 1.86 bits per heavy atom. The van der Waals surface area contributed by atoms with Crippen LogP contribution in [0.4, 0.5) is 0 Å². The third-order valence-electron chi connectivity index (χ3n) is 3.77. The first-order chi connectivity index (χ1) is 10.2. The molecule has 0 unspecified atom stereocenters. The van der Waals surface area contributed by atoms with Crippen LogP contribution in [0.25, 0.3) is 11.1 Å². The third kappa shape index (κ3) is 2.53. The predicted octanol–water partition coefficient (Wildman–Crippen LogP) is 3.56. The molecule has 0 atom stereocenters. The zero-order valence-electron chi connectivity index (χ0n) is 12.9. The van der Waals surface area contributed by atoms with Crippen molar-refractivity contribution in [1.82, 2.24) is 9.29 Å². The molecular formula is C15H19ClN2O3S. The summed E-state index contributed by atoms with van der Waals surface area (Å²) in [5.74, 6) is 0.502. The fraction of sp³-hybridized carbons (Fsp3) is 0.533. The zero-order valence-corrected chi connectivity index (χ0v) is 14.5. The molecule has 2 aromatic rings. The Labute approximate surface area is 135 Å². The normalized spacial score (nSPS) is 17.5. The minimum absolute atomic E-state index is 0.0385. The molecule has 0 radical (unpaired) electrons. The molecule has 0 spiro atoms. The molecule has 120 valence electrons. The minimum Gasteiger partial charge on any atom is -0.439 e. The summed E-state index contributed by atoms with van der Waals surface area (Å²) in [6.07, 6.45) is 1.74. The number of fused-ring (bicyclic) bond motifs is 1. The van der Waals surface area contributed by atoms with Gasteiger partial charge in [-0.05, 0) is 25.0 Å². The second kappa shape index (κ2) is 5.22. The molecule has 7 heteroatoms. The summed E-state index contributed by atoms with van der Waals surface area (Å²) in [5, 5.41) is 0.177. The van der Waals surface area contributed by atoms with Crippen LogP contribution in [-0.4, -0.2) is 30.8 Å². The van der Waals surface area contributed by atoms with Crippen molar-refractivity contribution in [3.05, 3.63) is 23.0 Å². The van der Waals surface area contributed by atoms with Crippen molar-refractivity contribution in [2.24, 2.45) is 0 Å². The number of benzene rings is 1. The molecule has 2 heterocycles. The summed E-state index contributed by atoms with van der Waals surface area (Å²) in [6.45, 7) is 6.94. The Morgan fingerprint density at radius 1 is 1.23 bits per heavy atom. The van der Waals surface area contributed by atoms with Crippen LogP contribution in [-0.2, 0) is 15.4 Å². The predicted molar refractivity (Wildman–Crippen MR) is 85.7 cm³/mol. The molecule has 1 aliphatic rings. The molecule has 0 amide bonds. The van der Waals surface area contributed by atoms with Gasteiger partial charge in [-0.15, -0.1) is 0 Å². The fourth-order valence-electron chi connectivity index (χ4n) is 2.56. The summed E-state index contributed by atoms with van der Waals surface area (Å²) in [6, 6.07) is 3.27. The van der Waals surface area contributed by atoms with Crippen molar-refractivity contribution in [3.8, 4) is 0 Å². The molecule has 3 rings (SSSR count). The molecule has 1 aromatic carbocycles. The molecule has 0 bridgehead atoms. The first-order valence-corrected chi connectivity index (χ1v) is 9.13. The molecule has 1 saturated heterocycles. The second-order valence-electron chi connectivity index (χ2n) is 6.60. The third-order valence-corrected chi connectivity index (χ3v) is 6.16. The van der Waals surface area contributed by atoms with E-state index in [-0.39, 0.29) is 20.9 Å². The van der Waals surface area contributed by atoms with Crippen LogP contribution in [0.15, 0.2) is 21.4 Å². The fourth-order valence-corrected chi connectivity index (χ4v) is 4.70. The lowest BCUT2D eigenvalue weighted by Gasteiger charge is -2.16. The summed E-state index contributed by atoms with van der Waals surface area (Å²) in [5.41, 5.74) is 0.469. The van der Waals surface area contributed by atoms with E-state index in [9.17, 15) is 8.42 Å². The molecule has 5 nitrogen and oxygen atoms in total. The molecule has 22 heavy (non-hydrogen) atoms. The lowest BCUT2D eigenvalue weighted by atomic mass is 9.97. The van der Waals surface area contributed by atoms with Crippen LogP contribution in [0.5, 0.6) is 0 Å². The Kier molecular flexibility index (Phi) is 3.74. The van der Waals surface area contributed by atoms with E-state index in [4.69, 9.17) is 16.0 Å². The number of hydrogen-bond acceptors (Lipinski definition) is 4. The van der Waals surface area contributed by atoms with Gasteiger partial charge in [0.15, 0.2) is 5.58 Å². The maximum Gasteiger partial charge on any atom is 0.248 e. The van der Waals surface area contributed by atoms with Gasteiger partial charge in [0.25, 0.3) is 0 Å². The number of aromatic nitrogens is 1. The van der Waals surface area contributed by atoms with Gasteiger partial charge in [-0.1, -0.05) is 32.4 Å². The van der Waals surface area contributed by atoms with Gasteiger partial charge >= 0.3 is 0 Å². The summed E-state index contributed by atoms with van der Waals surface area (Å²) in [4.78, 5) is 4.46. The van der Waals surface area contributed by atoms with Crippen LogP contribution < -0.4 is 0 Å². The van der Waals surface area contributed by atoms with E-state index in [0.29, 0.717) is 24.5 Å². The monoisotopic (exact) mass is 342 g/mol. The van der Waals surface area contributed by atoms with E-state index in [2.05, 4.69) is 4.98 Å². The van der Waals surface area contributed by atoms with E-state index in [1.807, 2.05) is 20.8 Å². The number of halogens is 1. The molecule has 1 aromatic heterocycles. The molecule has 0 saturated carbocycles. The molecule has 0 N–H and O–H groups in total. The van der Waals surface area contributed by atoms with Crippen molar-refractivity contribution < 1.29 is 12.8 Å². The maximum atomic E-state index is 12.9. The van der Waals surface area contributed by atoms with E-state index < -0.39 is 10.0 Å². The quantitative estimate of drug-likeness (QED) is 0.837. The molecule has 1 aliphatic heterocycles. The second-order valence-corrected chi connectivity index (χ2v) is 8.89. The summed E-state index contributed by atoms with van der Waals surface area (Å²) < 4.78 is 33.0. The highest BCUT2D eigenvalue weighted by atomic mass is 35.5. The number of hydrogen-bond donors (Lipinski definition) is 0. The van der Waals surface area contributed by atoms with Crippen molar-refractivity contribution in [3.63, 3.8) is 0 Å². The van der Waals surface area contributed by atoms with E-state index in [1.165, 1.54) is 4.31 Å². The average Bonchev–Trinajstić information content (AvgIpc) is 3.06. The molecule has 0 aliphatic carbocycles. The van der Waals surface area contributed by atoms with Gasteiger partial charge < -0.3 is 4.42 Å². The largest absolute Gasteiger partial charge is 0.439 e. The highest BCUT2D eigenvalue weighted by Crippen LogP contribution is 2.36. The SMILES string of the molecule is CC(C)(C)c1nc2ccc(Cl)c(S(=O)(=O)N3CCCC3)c2o1. The van der Waals surface area contributed by atoms with E-state index >= 15 is 0 Å². The van der Waals surface area contributed by atoms with Crippen molar-refractivity contribution >= 4 is 32.7 Å². The lowest BCUT2D eigenvalue weighted by Crippen LogP contribution is -2.28. The Morgan fingerprint density at radius 3 is 2.45 bits per heavy atom. The van der Waals surface area contributed by atoms with Gasteiger partial charge in [-0.25, -0.2) is 13.4 Å². The Balaban J connectivity index is 2.24. The Bertz CT molecular complexity index is 815. The lowest BCUT2D eigenvalue weighted by molar-refractivity contribution is 0.407. The van der Waals surface area contributed by atoms with Crippen molar-refractivity contribution in [2.45, 2.75) is 43.9 Å². The molecule has 1 fully saturated rings. The number of rotatable bonds is 2. The standard InChI is InChI=1S/C15H19ClN2O3S/c1-15(2,3)14-17-11-7-6-10(16)13(12(11)21-14)22(19,20)18-8-4-5-9-18/h6-7H,4-5,8-9H2,1-3H3. The highest BCUT2D eigenvalue weighted by Gasteiger charge is 2.33. The van der Waals surface area contributed by atoms with Gasteiger partial charge in [0, 0.05) is 18.5 Å². The van der Waals surface area contributed by atoms with Gasteiger partial charge in [0.05, 0.1) is 5.02 Å². The van der Waals surface area contributed by atoms with Gasteiger partial charge in [-0.3, -0.25) is 0 Å². The van der Waals surface area contributed by atoms with Crippen LogP contribution in [0.3, 0.4) is 0 Å². The van der Waals surface area contributed by atoms with E-state index in [0.717, 1.165) is 12.8 Å². The average molecular weight is 343 g/mol. The van der Waals surface area contributed by atoms with Crippen LogP contribution in [0.1, 0.15) is 39.5 Å². The summed E-state index contributed by atoms with van der Waals surface area (Å²) in [7, 11) is -3.66. The first kappa shape index (κ1) is 15.8. The number of nitrogens with zero attached hydrogens (tertiary/aromatic N) is 2. The zero-order chi connectivity index (χ0) is 16.1.